The number of halogens is 3. The first-order valence-corrected chi connectivity index (χ1v) is 8.21. The zero-order chi connectivity index (χ0) is 17.7. The fraction of sp³-hybridized carbons (Fsp3) is 0.0625. The van der Waals surface area contributed by atoms with E-state index in [2.05, 4.69) is 5.32 Å². The minimum absolute atomic E-state index is 0.154. The molecule has 126 valence electrons. The van der Waals surface area contributed by atoms with Gasteiger partial charge in [0.2, 0.25) is 15.7 Å². The summed E-state index contributed by atoms with van der Waals surface area (Å²) in [6.07, 6.45) is 2.17. The monoisotopic (exact) mass is 355 g/mol. The van der Waals surface area contributed by atoms with Crippen LogP contribution in [0.1, 0.15) is 5.56 Å². The molecule has 1 N–H and O–H groups in total. The number of amides is 1. The third-order valence-corrected chi connectivity index (χ3v) is 4.44. The van der Waals surface area contributed by atoms with Crippen molar-refractivity contribution < 1.29 is 26.4 Å². The molecule has 4 nitrogen and oxygen atoms in total. The van der Waals surface area contributed by atoms with Crippen LogP contribution in [0.4, 0.5) is 18.9 Å². The van der Waals surface area contributed by atoms with Crippen molar-refractivity contribution in [3.05, 3.63) is 66.0 Å². The third-order valence-electron chi connectivity index (χ3n) is 3.01. The van der Waals surface area contributed by atoms with Gasteiger partial charge in [-0.15, -0.1) is 0 Å². The molecule has 0 aliphatic heterocycles. The Kier molecular flexibility index (Phi) is 5.40. The minimum atomic E-state index is -4.86. The lowest BCUT2D eigenvalue weighted by Crippen LogP contribution is -2.16. The summed E-state index contributed by atoms with van der Waals surface area (Å²) in [6, 6.07) is 10.5. The number of sulfone groups is 1. The van der Waals surface area contributed by atoms with Gasteiger partial charge in [-0.05, 0) is 24.3 Å². The Morgan fingerprint density at radius 3 is 2.33 bits per heavy atom. The molecule has 0 radical (unpaired) electrons. The molecule has 0 bridgehead atoms. The summed E-state index contributed by atoms with van der Waals surface area (Å²) in [4.78, 5) is 11.2. The van der Waals surface area contributed by atoms with Gasteiger partial charge in [-0.1, -0.05) is 30.3 Å². The molecule has 0 heterocycles. The summed E-state index contributed by atoms with van der Waals surface area (Å²) in [5.41, 5.74) is -0.123. The summed E-state index contributed by atoms with van der Waals surface area (Å²) >= 11 is 0. The number of hydrogen-bond donors (Lipinski definition) is 1. The molecule has 8 heteroatoms. The van der Waals surface area contributed by atoms with Crippen molar-refractivity contribution in [3.63, 3.8) is 0 Å². The number of nitrogens with one attached hydrogen (secondary N) is 1. The maximum atomic E-state index is 13.4. The fourth-order valence-electron chi connectivity index (χ4n) is 1.86. The Morgan fingerprint density at radius 2 is 1.67 bits per heavy atom. The molecule has 0 fully saturated rings. The molecule has 0 spiro atoms. The van der Waals surface area contributed by atoms with Crippen molar-refractivity contribution in [1.29, 1.82) is 0 Å². The van der Waals surface area contributed by atoms with Crippen LogP contribution < -0.4 is 5.32 Å². The summed E-state index contributed by atoms with van der Waals surface area (Å²) in [7, 11) is -4.86. The zero-order valence-corrected chi connectivity index (χ0v) is 12.9. The minimum Gasteiger partial charge on any atom is -0.321 e. The number of rotatable bonds is 5. The number of carbonyl (C=O) groups excluding carboxylic acids is 1. The lowest BCUT2D eigenvalue weighted by atomic mass is 10.2. The van der Waals surface area contributed by atoms with E-state index < -0.39 is 32.2 Å². The van der Waals surface area contributed by atoms with Crippen molar-refractivity contribution in [2.45, 2.75) is 10.7 Å². The summed E-state index contributed by atoms with van der Waals surface area (Å²) in [5.74, 6) is -4.93. The summed E-state index contributed by atoms with van der Waals surface area (Å²) in [6.45, 7) is 0. The second-order valence-electron chi connectivity index (χ2n) is 4.65. The summed E-state index contributed by atoms with van der Waals surface area (Å²) < 4.78 is 62.0. The third kappa shape index (κ3) is 4.02. The molecular formula is C16H12F3NO3S. The Bertz CT molecular complexity index is 880. The zero-order valence-electron chi connectivity index (χ0n) is 12.1. The predicted octanol–water partition coefficient (Wildman–Crippen LogP) is 3.47. The molecule has 0 aliphatic carbocycles. The van der Waals surface area contributed by atoms with Crippen LogP contribution in [0.25, 0.3) is 6.08 Å². The van der Waals surface area contributed by atoms with Crippen LogP contribution in [0, 0.1) is 5.82 Å². The van der Waals surface area contributed by atoms with Gasteiger partial charge >= 0.3 is 5.76 Å². The average Bonchev–Trinajstić information content (AvgIpc) is 2.54. The van der Waals surface area contributed by atoms with E-state index in [9.17, 15) is 26.4 Å². The highest BCUT2D eigenvalue weighted by Gasteiger charge is 2.29. The summed E-state index contributed by atoms with van der Waals surface area (Å²) in [5, 5.41) is 2.20. The molecule has 1 amide bonds. The highest BCUT2D eigenvalue weighted by Crippen LogP contribution is 2.26. The molecule has 24 heavy (non-hydrogen) atoms. The van der Waals surface area contributed by atoms with E-state index in [1.807, 2.05) is 0 Å². The van der Waals surface area contributed by atoms with Gasteiger partial charge < -0.3 is 5.32 Å². The molecule has 0 aromatic heterocycles. The number of anilines is 1. The smallest absolute Gasteiger partial charge is 0.321 e. The van der Waals surface area contributed by atoms with E-state index in [0.29, 0.717) is 0 Å². The van der Waals surface area contributed by atoms with Crippen LogP contribution in [0.2, 0.25) is 0 Å². The molecule has 0 atom stereocenters. The van der Waals surface area contributed by atoms with Crippen LogP contribution in [-0.2, 0) is 14.6 Å². The number of hydrogen-bond acceptors (Lipinski definition) is 3. The second-order valence-corrected chi connectivity index (χ2v) is 6.53. The molecule has 2 rings (SSSR count). The lowest BCUT2D eigenvalue weighted by molar-refractivity contribution is -0.111. The normalized spacial score (nSPS) is 11.8. The molecular weight excluding hydrogens is 343 g/mol. The Labute approximate surface area is 136 Å². The van der Waals surface area contributed by atoms with Gasteiger partial charge in [-0.25, -0.2) is 12.8 Å². The van der Waals surface area contributed by atoms with Gasteiger partial charge in [0.05, 0.1) is 10.6 Å². The van der Waals surface area contributed by atoms with E-state index in [1.165, 1.54) is 42.5 Å². The molecule has 0 unspecified atom stereocenters. The molecule has 2 aromatic rings. The van der Waals surface area contributed by atoms with Crippen LogP contribution in [-0.4, -0.2) is 20.1 Å². The highest BCUT2D eigenvalue weighted by atomic mass is 32.2. The lowest BCUT2D eigenvalue weighted by Gasteiger charge is -2.10. The molecule has 0 saturated carbocycles. The Morgan fingerprint density at radius 1 is 1.04 bits per heavy atom. The predicted molar refractivity (Wildman–Crippen MR) is 83.7 cm³/mol. The van der Waals surface area contributed by atoms with E-state index >= 15 is 0 Å². The quantitative estimate of drug-likeness (QED) is 0.836. The van der Waals surface area contributed by atoms with Crippen molar-refractivity contribution >= 4 is 27.5 Å². The number of benzene rings is 2. The maximum Gasteiger partial charge on any atom is 0.341 e. The van der Waals surface area contributed by atoms with Gasteiger partial charge in [0.25, 0.3) is 0 Å². The van der Waals surface area contributed by atoms with Gasteiger partial charge in [0.15, 0.2) is 0 Å². The Balaban J connectivity index is 2.23. The number of para-hydroxylation sites is 1. The van der Waals surface area contributed by atoms with Crippen molar-refractivity contribution in [1.82, 2.24) is 0 Å². The molecule has 0 aliphatic rings. The van der Waals surface area contributed by atoms with Crippen LogP contribution in [0.5, 0.6) is 0 Å². The second kappa shape index (κ2) is 7.31. The van der Waals surface area contributed by atoms with Crippen LogP contribution >= 0.6 is 0 Å². The number of alkyl halides is 2. The molecule has 0 saturated heterocycles. The topological polar surface area (TPSA) is 63.2 Å². The Hall–Kier alpha value is -2.61. The SMILES string of the molecule is O=C(/C=C/c1ccccc1F)Nc1ccccc1S(=O)(=O)C(F)F. The van der Waals surface area contributed by atoms with Crippen molar-refractivity contribution in [2.24, 2.45) is 0 Å². The average molecular weight is 355 g/mol. The molecule has 2 aromatic carbocycles. The van der Waals surface area contributed by atoms with Gasteiger partial charge in [0, 0.05) is 11.6 Å². The van der Waals surface area contributed by atoms with Crippen LogP contribution in [0.3, 0.4) is 0 Å². The van der Waals surface area contributed by atoms with E-state index in [4.69, 9.17) is 0 Å². The van der Waals surface area contributed by atoms with Gasteiger partial charge in [-0.3, -0.25) is 4.79 Å². The highest BCUT2D eigenvalue weighted by molar-refractivity contribution is 7.91. The van der Waals surface area contributed by atoms with Crippen molar-refractivity contribution in [2.75, 3.05) is 5.32 Å². The van der Waals surface area contributed by atoms with Gasteiger partial charge in [0.1, 0.15) is 5.82 Å². The maximum absolute atomic E-state index is 13.4. The first kappa shape index (κ1) is 17.7. The largest absolute Gasteiger partial charge is 0.341 e. The fourth-order valence-corrected chi connectivity index (χ4v) is 2.75. The standard InChI is InChI=1S/C16H12F3NO3S/c17-12-6-2-1-5-11(12)9-10-15(21)20-13-7-3-4-8-14(13)24(22,23)16(18)19/h1-10,16H,(H,20,21)/b10-9+. The first-order valence-electron chi connectivity index (χ1n) is 6.67. The number of carbonyl (C=O) groups is 1. The van der Waals surface area contributed by atoms with E-state index in [0.717, 1.165) is 12.1 Å². The van der Waals surface area contributed by atoms with Crippen LogP contribution in [0.15, 0.2) is 59.5 Å². The van der Waals surface area contributed by atoms with E-state index in [-0.39, 0.29) is 11.3 Å². The first-order chi connectivity index (χ1) is 11.3. The van der Waals surface area contributed by atoms with Crippen molar-refractivity contribution in [3.8, 4) is 0 Å². The van der Waals surface area contributed by atoms with Gasteiger partial charge in [-0.2, -0.15) is 8.78 Å². The van der Waals surface area contributed by atoms with E-state index in [1.54, 1.807) is 6.07 Å².